The summed E-state index contributed by atoms with van der Waals surface area (Å²) in [7, 11) is 1.83. The summed E-state index contributed by atoms with van der Waals surface area (Å²) < 4.78 is 14.8. The Morgan fingerprint density at radius 2 is 2.25 bits per heavy atom. The summed E-state index contributed by atoms with van der Waals surface area (Å²) >= 11 is 6.15. The molecule has 1 aromatic carbocycles. The second kappa shape index (κ2) is 6.81. The van der Waals surface area contributed by atoms with E-state index >= 15 is 0 Å². The normalized spacial score (nSPS) is 12.6. The molecule has 0 saturated heterocycles. The summed E-state index contributed by atoms with van der Waals surface area (Å²) in [5.41, 5.74) is 1.76. The molecule has 1 aromatic heterocycles. The van der Waals surface area contributed by atoms with Gasteiger partial charge in [-0.3, -0.25) is 4.68 Å². The first-order chi connectivity index (χ1) is 9.60. The molecule has 0 amide bonds. The number of aryl methyl sites for hydroxylation is 1. The van der Waals surface area contributed by atoms with Gasteiger partial charge in [-0.15, -0.1) is 5.10 Å². The fourth-order valence-corrected chi connectivity index (χ4v) is 2.39. The van der Waals surface area contributed by atoms with Crippen LogP contribution in [0.3, 0.4) is 0 Å². The van der Waals surface area contributed by atoms with Crippen LogP contribution in [0.5, 0.6) is 0 Å². The van der Waals surface area contributed by atoms with Gasteiger partial charge < -0.3 is 5.32 Å². The van der Waals surface area contributed by atoms with Crippen molar-refractivity contribution in [3.8, 4) is 0 Å². The highest BCUT2D eigenvalue weighted by Crippen LogP contribution is 2.26. The van der Waals surface area contributed by atoms with E-state index in [1.807, 2.05) is 13.2 Å². The molecular formula is C14H18ClFN4. The van der Waals surface area contributed by atoms with E-state index < -0.39 is 0 Å². The third-order valence-corrected chi connectivity index (χ3v) is 3.37. The molecule has 1 unspecified atom stereocenters. The van der Waals surface area contributed by atoms with E-state index in [0.29, 0.717) is 11.4 Å². The minimum absolute atomic E-state index is 0.000231. The lowest BCUT2D eigenvalue weighted by atomic mass is 10.0. The Bertz CT molecular complexity index is 570. The Balaban J connectivity index is 2.22. The van der Waals surface area contributed by atoms with Crippen LogP contribution in [0, 0.1) is 5.82 Å². The first-order valence-electron chi connectivity index (χ1n) is 6.63. The smallest absolute Gasteiger partial charge is 0.124 e. The van der Waals surface area contributed by atoms with Crippen LogP contribution in [0.15, 0.2) is 24.4 Å². The molecule has 1 atom stereocenters. The SMILES string of the molecule is CCCNC(Cc1cn(C)nn1)c1ccc(F)cc1Cl. The molecule has 0 aliphatic heterocycles. The van der Waals surface area contributed by atoms with Crippen LogP contribution in [0.1, 0.15) is 30.6 Å². The van der Waals surface area contributed by atoms with E-state index in [1.54, 1.807) is 10.7 Å². The molecule has 108 valence electrons. The fraction of sp³-hybridized carbons (Fsp3) is 0.429. The van der Waals surface area contributed by atoms with Crippen molar-refractivity contribution in [1.82, 2.24) is 20.3 Å². The molecule has 6 heteroatoms. The zero-order chi connectivity index (χ0) is 14.5. The van der Waals surface area contributed by atoms with Crippen molar-refractivity contribution in [2.45, 2.75) is 25.8 Å². The van der Waals surface area contributed by atoms with Crippen molar-refractivity contribution in [1.29, 1.82) is 0 Å². The monoisotopic (exact) mass is 296 g/mol. The Morgan fingerprint density at radius 3 is 2.85 bits per heavy atom. The zero-order valence-electron chi connectivity index (χ0n) is 11.6. The van der Waals surface area contributed by atoms with E-state index in [1.165, 1.54) is 12.1 Å². The molecule has 0 aliphatic carbocycles. The molecule has 1 N–H and O–H groups in total. The number of benzene rings is 1. The predicted molar refractivity (Wildman–Crippen MR) is 77.2 cm³/mol. The van der Waals surface area contributed by atoms with E-state index in [-0.39, 0.29) is 11.9 Å². The summed E-state index contributed by atoms with van der Waals surface area (Å²) in [6.07, 6.45) is 3.55. The van der Waals surface area contributed by atoms with Gasteiger partial charge in [-0.25, -0.2) is 4.39 Å². The Hall–Kier alpha value is -1.46. The summed E-state index contributed by atoms with van der Waals surface area (Å²) in [5, 5.41) is 11.9. The van der Waals surface area contributed by atoms with Gasteiger partial charge in [0, 0.05) is 30.7 Å². The lowest BCUT2D eigenvalue weighted by Crippen LogP contribution is -2.24. The summed E-state index contributed by atoms with van der Waals surface area (Å²) in [6.45, 7) is 2.96. The molecule has 2 aromatic rings. The van der Waals surface area contributed by atoms with Gasteiger partial charge in [0.25, 0.3) is 0 Å². The maximum absolute atomic E-state index is 13.2. The maximum atomic E-state index is 13.2. The van der Waals surface area contributed by atoms with Crippen molar-refractivity contribution < 1.29 is 4.39 Å². The van der Waals surface area contributed by atoms with Crippen molar-refractivity contribution in [2.24, 2.45) is 7.05 Å². The lowest BCUT2D eigenvalue weighted by Gasteiger charge is -2.19. The van der Waals surface area contributed by atoms with Crippen LogP contribution in [0.2, 0.25) is 5.02 Å². The Kier molecular flexibility index (Phi) is 5.09. The van der Waals surface area contributed by atoms with Gasteiger partial charge in [0.2, 0.25) is 0 Å². The molecule has 0 radical (unpaired) electrons. The standard InChI is InChI=1S/C14H18ClFN4/c1-3-6-17-14(8-11-9-20(2)19-18-11)12-5-4-10(16)7-13(12)15/h4-5,7,9,14,17H,3,6,8H2,1-2H3. The average Bonchev–Trinajstić information content (AvgIpc) is 2.80. The summed E-state index contributed by atoms with van der Waals surface area (Å²) in [5.74, 6) is -0.326. The van der Waals surface area contributed by atoms with Gasteiger partial charge in [-0.2, -0.15) is 0 Å². The summed E-state index contributed by atoms with van der Waals surface area (Å²) in [4.78, 5) is 0. The molecule has 0 aliphatic rings. The first kappa shape index (κ1) is 14.9. The van der Waals surface area contributed by atoms with E-state index in [2.05, 4.69) is 22.6 Å². The van der Waals surface area contributed by atoms with Crippen LogP contribution in [-0.2, 0) is 13.5 Å². The molecule has 0 spiro atoms. The van der Waals surface area contributed by atoms with Gasteiger partial charge in [0.05, 0.1) is 5.69 Å². The van der Waals surface area contributed by atoms with Gasteiger partial charge >= 0.3 is 0 Å². The third-order valence-electron chi connectivity index (χ3n) is 3.04. The fourth-order valence-electron chi connectivity index (χ4n) is 2.09. The molecular weight excluding hydrogens is 279 g/mol. The second-order valence-electron chi connectivity index (χ2n) is 4.76. The Morgan fingerprint density at radius 1 is 1.45 bits per heavy atom. The first-order valence-corrected chi connectivity index (χ1v) is 7.01. The number of rotatable bonds is 6. The zero-order valence-corrected chi connectivity index (χ0v) is 12.4. The third kappa shape index (κ3) is 3.77. The highest BCUT2D eigenvalue weighted by atomic mass is 35.5. The predicted octanol–water partition coefficient (Wildman–Crippen LogP) is 2.89. The molecule has 0 bridgehead atoms. The largest absolute Gasteiger partial charge is 0.310 e. The number of aromatic nitrogens is 3. The van der Waals surface area contributed by atoms with Crippen LogP contribution in [-0.4, -0.2) is 21.5 Å². The lowest BCUT2D eigenvalue weighted by molar-refractivity contribution is 0.522. The number of nitrogens with one attached hydrogen (secondary N) is 1. The molecule has 2 rings (SSSR count). The average molecular weight is 297 g/mol. The molecule has 4 nitrogen and oxygen atoms in total. The highest BCUT2D eigenvalue weighted by Gasteiger charge is 2.16. The molecule has 20 heavy (non-hydrogen) atoms. The van der Waals surface area contributed by atoms with E-state index in [9.17, 15) is 4.39 Å². The van der Waals surface area contributed by atoms with E-state index in [4.69, 9.17) is 11.6 Å². The highest BCUT2D eigenvalue weighted by molar-refractivity contribution is 6.31. The van der Waals surface area contributed by atoms with Gasteiger partial charge in [-0.05, 0) is 30.7 Å². The van der Waals surface area contributed by atoms with Gasteiger partial charge in [0.15, 0.2) is 0 Å². The van der Waals surface area contributed by atoms with Crippen molar-refractivity contribution >= 4 is 11.6 Å². The van der Waals surface area contributed by atoms with Crippen LogP contribution in [0.25, 0.3) is 0 Å². The quantitative estimate of drug-likeness (QED) is 0.891. The van der Waals surface area contributed by atoms with Crippen molar-refractivity contribution in [3.63, 3.8) is 0 Å². The Labute approximate surface area is 122 Å². The van der Waals surface area contributed by atoms with Gasteiger partial charge in [-0.1, -0.05) is 29.8 Å². The van der Waals surface area contributed by atoms with Crippen LogP contribution in [0.4, 0.5) is 4.39 Å². The maximum Gasteiger partial charge on any atom is 0.124 e. The van der Waals surface area contributed by atoms with Gasteiger partial charge in [0.1, 0.15) is 5.82 Å². The van der Waals surface area contributed by atoms with Crippen LogP contribution >= 0.6 is 11.6 Å². The number of halogens is 2. The second-order valence-corrected chi connectivity index (χ2v) is 5.17. The van der Waals surface area contributed by atoms with E-state index in [0.717, 1.165) is 24.2 Å². The number of nitrogens with zero attached hydrogens (tertiary/aromatic N) is 3. The minimum atomic E-state index is -0.326. The molecule has 1 heterocycles. The minimum Gasteiger partial charge on any atom is -0.310 e. The number of hydrogen-bond acceptors (Lipinski definition) is 3. The van der Waals surface area contributed by atoms with Crippen molar-refractivity contribution in [2.75, 3.05) is 6.54 Å². The summed E-state index contributed by atoms with van der Waals surface area (Å²) in [6, 6.07) is 4.49. The van der Waals surface area contributed by atoms with Crippen LogP contribution < -0.4 is 5.32 Å². The molecule has 0 fully saturated rings. The number of hydrogen-bond donors (Lipinski definition) is 1. The topological polar surface area (TPSA) is 42.7 Å². The molecule has 0 saturated carbocycles. The van der Waals surface area contributed by atoms with Crippen molar-refractivity contribution in [3.05, 3.63) is 46.5 Å².